The van der Waals surface area contributed by atoms with E-state index < -0.39 is 0 Å². The van der Waals surface area contributed by atoms with E-state index in [2.05, 4.69) is 13.8 Å². The van der Waals surface area contributed by atoms with Crippen molar-refractivity contribution in [3.05, 3.63) is 30.3 Å². The van der Waals surface area contributed by atoms with Crippen molar-refractivity contribution in [1.82, 2.24) is 0 Å². The summed E-state index contributed by atoms with van der Waals surface area (Å²) in [5.41, 5.74) is 0. The molecule has 0 aliphatic heterocycles. The average molecular weight is 262 g/mol. The largest absolute Gasteiger partial charge is 0.426 e. The molecule has 0 amide bonds. The SMILES string of the molecule is CCCCCCC(CCC)C(=O)Oc1ccccc1. The van der Waals surface area contributed by atoms with Crippen LogP contribution in [0.25, 0.3) is 0 Å². The predicted octanol–water partition coefficient (Wildman–Crippen LogP) is 4.98. The Hall–Kier alpha value is -1.31. The van der Waals surface area contributed by atoms with Crippen molar-refractivity contribution in [2.24, 2.45) is 5.92 Å². The molecule has 1 aromatic rings. The molecule has 0 aliphatic rings. The van der Waals surface area contributed by atoms with Gasteiger partial charge in [-0.25, -0.2) is 0 Å². The van der Waals surface area contributed by atoms with E-state index in [-0.39, 0.29) is 11.9 Å². The molecule has 0 N–H and O–H groups in total. The third-order valence-electron chi connectivity index (χ3n) is 3.34. The van der Waals surface area contributed by atoms with Crippen molar-refractivity contribution in [3.8, 4) is 5.75 Å². The summed E-state index contributed by atoms with van der Waals surface area (Å²) in [5, 5.41) is 0. The van der Waals surface area contributed by atoms with E-state index in [1.165, 1.54) is 19.3 Å². The lowest BCUT2D eigenvalue weighted by atomic mass is 9.96. The van der Waals surface area contributed by atoms with Gasteiger partial charge in [0.25, 0.3) is 0 Å². The van der Waals surface area contributed by atoms with Gasteiger partial charge >= 0.3 is 5.97 Å². The Morgan fingerprint density at radius 2 is 1.74 bits per heavy atom. The van der Waals surface area contributed by atoms with Crippen LogP contribution < -0.4 is 4.74 Å². The van der Waals surface area contributed by atoms with Gasteiger partial charge in [0.2, 0.25) is 0 Å². The fraction of sp³-hybridized carbons (Fsp3) is 0.588. The van der Waals surface area contributed by atoms with Crippen LogP contribution >= 0.6 is 0 Å². The first-order valence-electron chi connectivity index (χ1n) is 7.54. The number of para-hydroxylation sites is 1. The lowest BCUT2D eigenvalue weighted by Gasteiger charge is -2.15. The number of unbranched alkanes of at least 4 members (excludes halogenated alkanes) is 3. The van der Waals surface area contributed by atoms with E-state index >= 15 is 0 Å². The summed E-state index contributed by atoms with van der Waals surface area (Å²) in [6.07, 6.45) is 7.75. The van der Waals surface area contributed by atoms with Crippen molar-refractivity contribution >= 4 is 5.97 Å². The van der Waals surface area contributed by atoms with Crippen LogP contribution in [0.5, 0.6) is 5.75 Å². The normalized spacial score (nSPS) is 12.1. The second-order valence-corrected chi connectivity index (χ2v) is 5.07. The second kappa shape index (κ2) is 9.60. The number of carbonyl (C=O) groups excluding carboxylic acids is 1. The second-order valence-electron chi connectivity index (χ2n) is 5.07. The van der Waals surface area contributed by atoms with Crippen LogP contribution in [0.2, 0.25) is 0 Å². The first kappa shape index (κ1) is 15.7. The molecule has 106 valence electrons. The Labute approximate surface area is 117 Å². The van der Waals surface area contributed by atoms with Crippen molar-refractivity contribution in [2.75, 3.05) is 0 Å². The first-order chi connectivity index (χ1) is 9.27. The van der Waals surface area contributed by atoms with Gasteiger partial charge in [-0.2, -0.15) is 0 Å². The number of carbonyl (C=O) groups is 1. The van der Waals surface area contributed by atoms with Gasteiger partial charge in [-0.05, 0) is 25.0 Å². The number of ether oxygens (including phenoxy) is 1. The topological polar surface area (TPSA) is 26.3 Å². The molecule has 0 aliphatic carbocycles. The van der Waals surface area contributed by atoms with E-state index in [1.54, 1.807) is 0 Å². The zero-order valence-corrected chi connectivity index (χ0v) is 12.2. The molecule has 1 atom stereocenters. The summed E-state index contributed by atoms with van der Waals surface area (Å²) in [6, 6.07) is 9.36. The van der Waals surface area contributed by atoms with E-state index in [4.69, 9.17) is 4.74 Å². The number of rotatable bonds is 9. The van der Waals surface area contributed by atoms with Gasteiger partial charge in [0.1, 0.15) is 5.75 Å². The Morgan fingerprint density at radius 1 is 1.00 bits per heavy atom. The maximum absolute atomic E-state index is 12.1. The summed E-state index contributed by atoms with van der Waals surface area (Å²) < 4.78 is 5.45. The van der Waals surface area contributed by atoms with Crippen LogP contribution in [-0.4, -0.2) is 5.97 Å². The molecule has 2 heteroatoms. The van der Waals surface area contributed by atoms with Crippen LogP contribution in [0.15, 0.2) is 30.3 Å². The molecule has 0 radical (unpaired) electrons. The molecule has 0 saturated carbocycles. The molecule has 0 fully saturated rings. The highest BCUT2D eigenvalue weighted by Crippen LogP contribution is 2.20. The van der Waals surface area contributed by atoms with Crippen molar-refractivity contribution in [1.29, 1.82) is 0 Å². The number of hydrogen-bond donors (Lipinski definition) is 0. The average Bonchev–Trinajstić information content (AvgIpc) is 2.43. The molecule has 0 spiro atoms. The Kier molecular flexibility index (Phi) is 7.95. The van der Waals surface area contributed by atoms with E-state index in [0.29, 0.717) is 5.75 Å². The van der Waals surface area contributed by atoms with Gasteiger partial charge in [0.05, 0.1) is 5.92 Å². The van der Waals surface area contributed by atoms with Gasteiger partial charge in [-0.3, -0.25) is 4.79 Å². The molecular weight excluding hydrogens is 236 g/mol. The smallest absolute Gasteiger partial charge is 0.314 e. The van der Waals surface area contributed by atoms with Gasteiger partial charge in [-0.15, -0.1) is 0 Å². The van der Waals surface area contributed by atoms with Crippen molar-refractivity contribution in [2.45, 2.75) is 58.8 Å². The molecule has 19 heavy (non-hydrogen) atoms. The quantitative estimate of drug-likeness (QED) is 0.356. The van der Waals surface area contributed by atoms with Gasteiger partial charge in [-0.1, -0.05) is 64.2 Å². The van der Waals surface area contributed by atoms with Gasteiger partial charge < -0.3 is 4.74 Å². The number of esters is 1. The number of benzene rings is 1. The maximum atomic E-state index is 12.1. The first-order valence-corrected chi connectivity index (χ1v) is 7.54. The summed E-state index contributed by atoms with van der Waals surface area (Å²) in [5.74, 6) is 0.647. The summed E-state index contributed by atoms with van der Waals surface area (Å²) >= 11 is 0. The Balaban J connectivity index is 2.43. The van der Waals surface area contributed by atoms with E-state index in [1.807, 2.05) is 30.3 Å². The van der Waals surface area contributed by atoms with Crippen LogP contribution in [0.3, 0.4) is 0 Å². The predicted molar refractivity (Wildman–Crippen MR) is 79.2 cm³/mol. The highest BCUT2D eigenvalue weighted by Gasteiger charge is 2.19. The highest BCUT2D eigenvalue weighted by atomic mass is 16.5. The van der Waals surface area contributed by atoms with Crippen LogP contribution in [0.4, 0.5) is 0 Å². The van der Waals surface area contributed by atoms with Crippen LogP contribution in [0, 0.1) is 5.92 Å². The summed E-state index contributed by atoms with van der Waals surface area (Å²) in [7, 11) is 0. The standard InChI is InChI=1S/C17H26O2/c1-3-5-6-8-12-15(11-4-2)17(18)19-16-13-9-7-10-14-16/h7,9-10,13-15H,3-6,8,11-12H2,1-2H3. The molecule has 0 heterocycles. The zero-order chi connectivity index (χ0) is 13.9. The van der Waals surface area contributed by atoms with Gasteiger partial charge in [0.15, 0.2) is 0 Å². The number of hydrogen-bond acceptors (Lipinski definition) is 2. The minimum atomic E-state index is -0.0652. The van der Waals surface area contributed by atoms with Crippen LogP contribution in [0.1, 0.15) is 58.8 Å². The van der Waals surface area contributed by atoms with E-state index in [0.717, 1.165) is 25.7 Å². The Morgan fingerprint density at radius 3 is 2.37 bits per heavy atom. The zero-order valence-electron chi connectivity index (χ0n) is 12.2. The minimum Gasteiger partial charge on any atom is -0.426 e. The summed E-state index contributed by atoms with van der Waals surface area (Å²) in [4.78, 5) is 12.1. The molecule has 0 aromatic heterocycles. The molecule has 2 nitrogen and oxygen atoms in total. The molecule has 1 aromatic carbocycles. The van der Waals surface area contributed by atoms with Crippen molar-refractivity contribution in [3.63, 3.8) is 0 Å². The lowest BCUT2D eigenvalue weighted by molar-refractivity contribution is -0.139. The molecule has 1 rings (SSSR count). The third kappa shape index (κ3) is 6.42. The molecule has 0 saturated heterocycles. The van der Waals surface area contributed by atoms with Crippen LogP contribution in [-0.2, 0) is 4.79 Å². The molecular formula is C17H26O2. The van der Waals surface area contributed by atoms with Gasteiger partial charge in [0, 0.05) is 0 Å². The fourth-order valence-corrected chi connectivity index (χ4v) is 2.23. The van der Waals surface area contributed by atoms with Crippen molar-refractivity contribution < 1.29 is 9.53 Å². The summed E-state index contributed by atoms with van der Waals surface area (Å²) in [6.45, 7) is 4.32. The monoisotopic (exact) mass is 262 g/mol. The third-order valence-corrected chi connectivity index (χ3v) is 3.34. The molecule has 1 unspecified atom stereocenters. The highest BCUT2D eigenvalue weighted by molar-refractivity contribution is 5.75. The maximum Gasteiger partial charge on any atom is 0.314 e. The van der Waals surface area contributed by atoms with E-state index in [9.17, 15) is 4.79 Å². The Bertz CT molecular complexity index is 346. The lowest BCUT2D eigenvalue weighted by Crippen LogP contribution is -2.20. The fourth-order valence-electron chi connectivity index (χ4n) is 2.23. The molecule has 0 bridgehead atoms. The minimum absolute atomic E-state index is 0.0575.